The van der Waals surface area contributed by atoms with Gasteiger partial charge >= 0.3 is 0 Å². The summed E-state index contributed by atoms with van der Waals surface area (Å²) in [6.07, 6.45) is 5.99. The molecule has 2 nitrogen and oxygen atoms in total. The van der Waals surface area contributed by atoms with Crippen molar-refractivity contribution in [1.82, 2.24) is 4.57 Å². The Balaban J connectivity index is 0.926. The molecule has 10 aromatic carbocycles. The maximum Gasteiger partial charge on any atom is 0.0711 e. The normalized spacial score (nSPS) is 15.2. The van der Waals surface area contributed by atoms with Gasteiger partial charge < -0.3 is 9.47 Å². The fourth-order valence-corrected chi connectivity index (χ4v) is 11.4. The first-order chi connectivity index (χ1) is 32.3. The Morgan fingerprint density at radius 2 is 1.03 bits per heavy atom. The fraction of sp³-hybridized carbons (Fsp3) is 0.0476. The molecule has 2 heteroatoms. The number of aromatic nitrogens is 1. The number of rotatable bonds is 7. The summed E-state index contributed by atoms with van der Waals surface area (Å²) < 4.78 is 2.41. The highest BCUT2D eigenvalue weighted by Gasteiger charge is 2.49. The molecule has 0 saturated carbocycles. The zero-order valence-corrected chi connectivity index (χ0v) is 35.9. The van der Waals surface area contributed by atoms with Crippen LogP contribution >= 0.6 is 0 Å². The third kappa shape index (κ3) is 5.74. The van der Waals surface area contributed by atoms with Crippen molar-refractivity contribution in [1.29, 1.82) is 0 Å². The van der Waals surface area contributed by atoms with Crippen LogP contribution in [0.5, 0.6) is 0 Å². The predicted octanol–water partition coefficient (Wildman–Crippen LogP) is 16.0. The minimum absolute atomic E-state index is 0.0501. The van der Waals surface area contributed by atoms with E-state index in [1.165, 1.54) is 99.3 Å². The van der Waals surface area contributed by atoms with Gasteiger partial charge in [-0.15, -0.1) is 0 Å². The van der Waals surface area contributed by atoms with Gasteiger partial charge in [-0.1, -0.05) is 206 Å². The molecule has 0 N–H and O–H groups in total. The van der Waals surface area contributed by atoms with E-state index in [1.807, 2.05) is 0 Å². The zero-order chi connectivity index (χ0) is 42.9. The molecular formula is C63H44N2. The summed E-state index contributed by atoms with van der Waals surface area (Å²) in [7, 11) is 0. The van der Waals surface area contributed by atoms with E-state index in [2.05, 4.69) is 258 Å². The second kappa shape index (κ2) is 15.0. The van der Waals surface area contributed by atoms with Crippen LogP contribution in [0.1, 0.15) is 28.7 Å². The summed E-state index contributed by atoms with van der Waals surface area (Å²) in [5.74, 6) is 0. The van der Waals surface area contributed by atoms with E-state index < -0.39 is 5.41 Å². The quantitative estimate of drug-likeness (QED) is 0.155. The van der Waals surface area contributed by atoms with Crippen molar-refractivity contribution < 1.29 is 0 Å². The standard InChI is InChI=1S/C63H44N2/c1-3-19-47(20-4-1)63(48-21-5-2-6-22-48)57-27-13-11-25-54(57)55-40-39-51(42-58(55)63)64(59-29-15-18-45-16-7-9-23-52(45)59)49-35-30-43(31-36-49)44-32-37-50(38-33-44)65-60-28-14-12-26-56(60)62-53-24-10-8-17-46(53)34-41-61(62)65/h1-38,40-42,51H,39H2. The van der Waals surface area contributed by atoms with Crippen LogP contribution in [0, 0.1) is 0 Å². The van der Waals surface area contributed by atoms with Crippen molar-refractivity contribution in [2.45, 2.75) is 17.9 Å². The average molecular weight is 829 g/mol. The second-order valence-corrected chi connectivity index (χ2v) is 17.5. The molecule has 0 amide bonds. The van der Waals surface area contributed by atoms with E-state index in [0.717, 1.165) is 12.1 Å². The van der Waals surface area contributed by atoms with Crippen LogP contribution < -0.4 is 4.90 Å². The van der Waals surface area contributed by atoms with Gasteiger partial charge in [-0.2, -0.15) is 0 Å². The highest BCUT2D eigenvalue weighted by atomic mass is 15.2. The van der Waals surface area contributed by atoms with Gasteiger partial charge in [0.15, 0.2) is 0 Å². The Bertz CT molecular complexity index is 3620. The molecule has 1 atom stereocenters. The van der Waals surface area contributed by atoms with E-state index in [-0.39, 0.29) is 6.04 Å². The Morgan fingerprint density at radius 3 is 1.77 bits per heavy atom. The predicted molar refractivity (Wildman–Crippen MR) is 273 cm³/mol. The first-order valence-electron chi connectivity index (χ1n) is 22.8. The second-order valence-electron chi connectivity index (χ2n) is 17.5. The van der Waals surface area contributed by atoms with Crippen molar-refractivity contribution in [3.8, 4) is 16.8 Å². The van der Waals surface area contributed by atoms with Crippen molar-refractivity contribution in [3.63, 3.8) is 0 Å². The van der Waals surface area contributed by atoms with Crippen molar-refractivity contribution in [3.05, 3.63) is 277 Å². The number of benzene rings is 10. The zero-order valence-electron chi connectivity index (χ0n) is 35.9. The molecule has 0 bridgehead atoms. The van der Waals surface area contributed by atoms with Crippen LogP contribution in [0.15, 0.2) is 254 Å². The Hall–Kier alpha value is -8.20. The van der Waals surface area contributed by atoms with Gasteiger partial charge in [0.05, 0.1) is 22.5 Å². The summed E-state index contributed by atoms with van der Waals surface area (Å²) in [4.78, 5) is 2.59. The molecule has 11 aromatic rings. The largest absolute Gasteiger partial charge is 0.334 e. The van der Waals surface area contributed by atoms with Gasteiger partial charge in [-0.3, -0.25) is 0 Å². The summed E-state index contributed by atoms with van der Waals surface area (Å²) in [5, 5.41) is 7.61. The molecule has 13 rings (SSSR count). The maximum atomic E-state index is 2.60. The number of allylic oxidation sites excluding steroid dienone is 2. The van der Waals surface area contributed by atoms with Gasteiger partial charge in [0.1, 0.15) is 0 Å². The summed E-state index contributed by atoms with van der Waals surface area (Å²) in [6, 6.07) is 87.3. The van der Waals surface area contributed by atoms with Crippen LogP contribution in [0.25, 0.3) is 65.7 Å². The Kier molecular flexibility index (Phi) is 8.60. The average Bonchev–Trinajstić information content (AvgIpc) is 3.88. The van der Waals surface area contributed by atoms with Gasteiger partial charge in [0.2, 0.25) is 0 Å². The molecule has 1 heterocycles. The minimum atomic E-state index is -0.461. The van der Waals surface area contributed by atoms with Crippen LogP contribution in [0.3, 0.4) is 0 Å². The molecule has 0 radical (unpaired) electrons. The molecular weight excluding hydrogens is 785 g/mol. The number of nitrogens with zero attached hydrogens (tertiary/aromatic N) is 2. The number of hydrogen-bond acceptors (Lipinski definition) is 1. The van der Waals surface area contributed by atoms with Crippen LogP contribution in [-0.2, 0) is 5.41 Å². The first kappa shape index (κ1) is 37.4. The van der Waals surface area contributed by atoms with Gasteiger partial charge in [-0.25, -0.2) is 0 Å². The Labute approximate surface area is 379 Å². The third-order valence-electron chi connectivity index (χ3n) is 14.2. The molecule has 65 heavy (non-hydrogen) atoms. The molecule has 306 valence electrons. The summed E-state index contributed by atoms with van der Waals surface area (Å²) in [6.45, 7) is 0. The van der Waals surface area contributed by atoms with E-state index >= 15 is 0 Å². The van der Waals surface area contributed by atoms with E-state index in [0.29, 0.717) is 0 Å². The van der Waals surface area contributed by atoms with Gasteiger partial charge in [-0.05, 0) is 110 Å². The summed E-state index contributed by atoms with van der Waals surface area (Å²) >= 11 is 0. The molecule has 0 aliphatic heterocycles. The molecule has 2 aliphatic carbocycles. The maximum absolute atomic E-state index is 2.60. The lowest BCUT2D eigenvalue weighted by Crippen LogP contribution is -2.34. The lowest BCUT2D eigenvalue weighted by molar-refractivity contribution is 0.726. The smallest absolute Gasteiger partial charge is 0.0711 e. The van der Waals surface area contributed by atoms with Crippen LogP contribution in [-0.4, -0.2) is 10.6 Å². The topological polar surface area (TPSA) is 8.17 Å². The van der Waals surface area contributed by atoms with Crippen LogP contribution in [0.2, 0.25) is 0 Å². The lowest BCUT2D eigenvalue weighted by atomic mass is 9.66. The van der Waals surface area contributed by atoms with E-state index in [4.69, 9.17) is 0 Å². The minimum Gasteiger partial charge on any atom is -0.334 e. The summed E-state index contributed by atoms with van der Waals surface area (Å²) in [5.41, 5.74) is 15.8. The van der Waals surface area contributed by atoms with E-state index in [9.17, 15) is 0 Å². The monoisotopic (exact) mass is 828 g/mol. The first-order valence-corrected chi connectivity index (χ1v) is 22.8. The number of para-hydroxylation sites is 1. The van der Waals surface area contributed by atoms with E-state index in [1.54, 1.807) is 0 Å². The highest BCUT2D eigenvalue weighted by molar-refractivity contribution is 6.21. The van der Waals surface area contributed by atoms with Gasteiger partial charge in [0.25, 0.3) is 0 Å². The molecule has 0 spiro atoms. The van der Waals surface area contributed by atoms with Crippen molar-refractivity contribution in [2.75, 3.05) is 4.90 Å². The Morgan fingerprint density at radius 1 is 0.446 bits per heavy atom. The SMILES string of the molecule is C1=C2C(=CC(N(c3ccc(-c4ccc(-n5c6ccccc6c6c7ccccc7ccc65)cc4)cc3)c3cccc4ccccc34)C1)C(c1ccccc1)(c1ccccc1)c1ccccc12. The molecule has 0 fully saturated rings. The number of fused-ring (bicyclic) bond motifs is 9. The number of anilines is 2. The number of hydrogen-bond donors (Lipinski definition) is 0. The van der Waals surface area contributed by atoms with Crippen molar-refractivity contribution in [2.24, 2.45) is 0 Å². The third-order valence-corrected chi connectivity index (χ3v) is 14.2. The highest BCUT2D eigenvalue weighted by Crippen LogP contribution is 2.59. The molecule has 2 aliphatic rings. The van der Waals surface area contributed by atoms with Crippen molar-refractivity contribution >= 4 is 60.3 Å². The van der Waals surface area contributed by atoms with Crippen LogP contribution in [0.4, 0.5) is 11.4 Å². The fourth-order valence-electron chi connectivity index (χ4n) is 11.4. The molecule has 0 saturated heterocycles. The molecule has 1 aromatic heterocycles. The lowest BCUT2D eigenvalue weighted by Gasteiger charge is -2.39. The molecule has 1 unspecified atom stereocenters. The van der Waals surface area contributed by atoms with Gasteiger partial charge in [0, 0.05) is 33.2 Å².